The lowest BCUT2D eigenvalue weighted by atomic mass is 10.6. The van der Waals surface area contributed by atoms with Crippen LogP contribution >= 0.6 is 7.92 Å². The molecule has 0 heterocycles. The van der Waals surface area contributed by atoms with Crippen molar-refractivity contribution in [3.05, 3.63) is 24.5 Å². The molecule has 0 rings (SSSR count). The molecule has 0 atom stereocenters. The van der Waals surface area contributed by atoms with Crippen LogP contribution in [-0.4, -0.2) is 13.3 Å². The van der Waals surface area contributed by atoms with Crippen LogP contribution in [0.3, 0.4) is 0 Å². The van der Waals surface area contributed by atoms with Crippen LogP contribution in [0.15, 0.2) is 24.5 Å². The highest BCUT2D eigenvalue weighted by molar-refractivity contribution is 7.59. The van der Waals surface area contributed by atoms with Crippen molar-refractivity contribution in [3.8, 4) is 0 Å². The van der Waals surface area contributed by atoms with Crippen LogP contribution in [0.25, 0.3) is 0 Å². The van der Waals surface area contributed by atoms with E-state index < -0.39 is 0 Å². The second kappa shape index (κ2) is 4.08. The van der Waals surface area contributed by atoms with E-state index in [1.54, 1.807) is 0 Å². The molecule has 0 saturated carbocycles. The van der Waals surface area contributed by atoms with E-state index >= 15 is 0 Å². The van der Waals surface area contributed by atoms with Crippen LogP contribution in [0.5, 0.6) is 0 Å². The van der Waals surface area contributed by atoms with Crippen LogP contribution < -0.4 is 0 Å². The van der Waals surface area contributed by atoms with E-state index in [0.29, 0.717) is 0 Å². The molecule has 0 N–H and O–H groups in total. The fourth-order valence-corrected chi connectivity index (χ4v) is 0.699. The van der Waals surface area contributed by atoms with Crippen molar-refractivity contribution < 1.29 is 0 Å². The Morgan fingerprint density at radius 3 is 2.14 bits per heavy atom. The number of rotatable bonds is 2. The van der Waals surface area contributed by atoms with Gasteiger partial charge in [0.05, 0.1) is 0 Å². The van der Waals surface area contributed by atoms with E-state index in [0.717, 1.165) is 0 Å². The summed E-state index contributed by atoms with van der Waals surface area (Å²) in [5, 5.41) is 0. The first-order valence-electron chi connectivity index (χ1n) is 2.23. The van der Waals surface area contributed by atoms with Gasteiger partial charge in [0.15, 0.2) is 0 Å². The molecule has 0 aromatic rings. The van der Waals surface area contributed by atoms with Gasteiger partial charge < -0.3 is 0 Å². The van der Waals surface area contributed by atoms with E-state index in [2.05, 4.69) is 25.7 Å². The van der Waals surface area contributed by atoms with Crippen LogP contribution in [0, 0.1) is 0 Å². The smallest absolute Gasteiger partial charge is 0.0412 e. The minimum atomic E-state index is 0.142. The lowest BCUT2D eigenvalue weighted by Crippen LogP contribution is -1.52. The van der Waals surface area contributed by atoms with Crippen LogP contribution in [-0.2, 0) is 0 Å². The molecule has 0 aliphatic heterocycles. The second-order valence-corrected chi connectivity index (χ2v) is 3.77. The molecule has 0 aliphatic rings. The van der Waals surface area contributed by atoms with Gasteiger partial charge in [0, 0.05) is 0 Å². The molecular formula is C6H11P. The van der Waals surface area contributed by atoms with Crippen molar-refractivity contribution in [1.29, 1.82) is 0 Å². The first-order valence-corrected chi connectivity index (χ1v) is 4.53. The van der Waals surface area contributed by atoms with Crippen LogP contribution in [0.2, 0.25) is 0 Å². The SMILES string of the molecule is C=C/C=C/P(C)C. The molecule has 0 aromatic heterocycles. The molecule has 0 radical (unpaired) electrons. The quantitative estimate of drug-likeness (QED) is 0.382. The maximum Gasteiger partial charge on any atom is -0.0412 e. The van der Waals surface area contributed by atoms with Crippen molar-refractivity contribution in [2.24, 2.45) is 0 Å². The Hall–Kier alpha value is -0.0900. The monoisotopic (exact) mass is 114 g/mol. The van der Waals surface area contributed by atoms with E-state index in [9.17, 15) is 0 Å². The predicted octanol–water partition coefficient (Wildman–Crippen LogP) is 2.43. The van der Waals surface area contributed by atoms with Gasteiger partial charge in [-0.2, -0.15) is 0 Å². The van der Waals surface area contributed by atoms with Gasteiger partial charge in [-0.05, 0) is 13.3 Å². The molecule has 0 fully saturated rings. The normalized spacial score (nSPS) is 10.7. The summed E-state index contributed by atoms with van der Waals surface area (Å²) in [6.07, 6.45) is 3.80. The Labute approximate surface area is 46.7 Å². The van der Waals surface area contributed by atoms with Crippen molar-refractivity contribution in [2.75, 3.05) is 13.3 Å². The third kappa shape index (κ3) is 5.91. The van der Waals surface area contributed by atoms with Crippen molar-refractivity contribution >= 4 is 7.92 Å². The highest BCUT2D eigenvalue weighted by Gasteiger charge is 1.75. The predicted molar refractivity (Wildman–Crippen MR) is 38.1 cm³/mol. The van der Waals surface area contributed by atoms with Crippen molar-refractivity contribution in [2.45, 2.75) is 0 Å². The van der Waals surface area contributed by atoms with Crippen molar-refractivity contribution in [3.63, 3.8) is 0 Å². The molecule has 0 aliphatic carbocycles. The molecule has 0 spiro atoms. The number of hydrogen-bond donors (Lipinski definition) is 0. The summed E-state index contributed by atoms with van der Waals surface area (Å²) in [5.74, 6) is 2.17. The first-order chi connectivity index (χ1) is 3.27. The zero-order valence-electron chi connectivity index (χ0n) is 4.89. The van der Waals surface area contributed by atoms with E-state index in [-0.39, 0.29) is 7.92 Å². The molecule has 0 nitrogen and oxygen atoms in total. The Kier molecular flexibility index (Phi) is 4.03. The number of allylic oxidation sites excluding steroid dienone is 2. The molecule has 7 heavy (non-hydrogen) atoms. The number of hydrogen-bond acceptors (Lipinski definition) is 0. The molecule has 0 amide bonds. The van der Waals surface area contributed by atoms with Gasteiger partial charge in [-0.3, -0.25) is 0 Å². The first kappa shape index (κ1) is 6.91. The molecule has 0 saturated heterocycles. The zero-order chi connectivity index (χ0) is 5.70. The summed E-state index contributed by atoms with van der Waals surface area (Å²) in [6.45, 7) is 7.96. The van der Waals surface area contributed by atoms with E-state index in [1.165, 1.54) is 0 Å². The third-order valence-electron chi connectivity index (χ3n) is 0.520. The van der Waals surface area contributed by atoms with E-state index in [1.807, 2.05) is 12.2 Å². The Morgan fingerprint density at radius 1 is 1.43 bits per heavy atom. The maximum atomic E-state index is 3.56. The van der Waals surface area contributed by atoms with Crippen LogP contribution in [0.1, 0.15) is 0 Å². The Bertz CT molecular complexity index is 72.2. The van der Waals surface area contributed by atoms with Gasteiger partial charge >= 0.3 is 0 Å². The fraction of sp³-hybridized carbons (Fsp3) is 0.333. The zero-order valence-corrected chi connectivity index (χ0v) is 5.78. The fourth-order valence-electron chi connectivity index (χ4n) is 0.233. The minimum Gasteiger partial charge on any atom is -0.0991 e. The lowest BCUT2D eigenvalue weighted by Gasteiger charge is -1.89. The summed E-state index contributed by atoms with van der Waals surface area (Å²) < 4.78 is 0. The summed E-state index contributed by atoms with van der Waals surface area (Å²) in [6, 6.07) is 0. The van der Waals surface area contributed by atoms with Gasteiger partial charge in [0.2, 0.25) is 0 Å². The minimum absolute atomic E-state index is 0.142. The van der Waals surface area contributed by atoms with Gasteiger partial charge in [-0.15, -0.1) is 0 Å². The van der Waals surface area contributed by atoms with Gasteiger partial charge in [-0.25, -0.2) is 0 Å². The highest BCUT2D eigenvalue weighted by atomic mass is 31.1. The standard InChI is InChI=1S/C6H11P/c1-4-5-6-7(2)3/h4-6H,1H2,2-3H3/b6-5+. The van der Waals surface area contributed by atoms with Gasteiger partial charge in [0.1, 0.15) is 0 Å². The Balaban J connectivity index is 3.25. The topological polar surface area (TPSA) is 0 Å². The van der Waals surface area contributed by atoms with Gasteiger partial charge in [-0.1, -0.05) is 32.5 Å². The average Bonchev–Trinajstić information content (AvgIpc) is 1.61. The second-order valence-electron chi connectivity index (χ2n) is 1.54. The Morgan fingerprint density at radius 2 is 2.00 bits per heavy atom. The molecule has 40 valence electrons. The lowest BCUT2D eigenvalue weighted by molar-refractivity contribution is 2.07. The summed E-state index contributed by atoms with van der Waals surface area (Å²) in [7, 11) is 0.142. The molecular weight excluding hydrogens is 103 g/mol. The van der Waals surface area contributed by atoms with E-state index in [4.69, 9.17) is 0 Å². The highest BCUT2D eigenvalue weighted by Crippen LogP contribution is 2.25. The van der Waals surface area contributed by atoms with Crippen LogP contribution in [0.4, 0.5) is 0 Å². The summed E-state index contributed by atoms with van der Waals surface area (Å²) >= 11 is 0. The third-order valence-corrected chi connectivity index (χ3v) is 1.29. The van der Waals surface area contributed by atoms with Gasteiger partial charge in [0.25, 0.3) is 0 Å². The van der Waals surface area contributed by atoms with Crippen molar-refractivity contribution in [1.82, 2.24) is 0 Å². The molecule has 0 aromatic carbocycles. The largest absolute Gasteiger partial charge is 0.0991 e. The summed E-state index contributed by atoms with van der Waals surface area (Å²) in [5.41, 5.74) is 0. The average molecular weight is 114 g/mol. The summed E-state index contributed by atoms with van der Waals surface area (Å²) in [4.78, 5) is 0. The maximum absolute atomic E-state index is 3.56. The molecule has 0 unspecified atom stereocenters. The molecule has 1 heteroatoms. The molecule has 0 bridgehead atoms.